The third-order valence-electron chi connectivity index (χ3n) is 5.63. The number of benzene rings is 1. The molecule has 0 unspecified atom stereocenters. The first-order valence-corrected chi connectivity index (χ1v) is 12.0. The quantitative estimate of drug-likeness (QED) is 0.401. The van der Waals surface area contributed by atoms with Crippen molar-refractivity contribution in [1.82, 2.24) is 19.3 Å². The molecule has 4 N–H and O–H groups in total. The van der Waals surface area contributed by atoms with Crippen molar-refractivity contribution >= 4 is 32.7 Å². The van der Waals surface area contributed by atoms with Gasteiger partial charge in [-0.2, -0.15) is 18.0 Å². The molecule has 1 saturated heterocycles. The molecule has 1 aromatic carbocycles. The van der Waals surface area contributed by atoms with Gasteiger partial charge in [0.25, 0.3) is 0 Å². The van der Waals surface area contributed by atoms with Crippen molar-refractivity contribution in [3.63, 3.8) is 0 Å². The van der Waals surface area contributed by atoms with E-state index >= 15 is 0 Å². The number of nitrogen functional groups attached to an aromatic ring is 1. The number of nitrogens with zero attached hydrogens (tertiary/aromatic N) is 4. The molecule has 0 saturated carbocycles. The number of H-pyrrole nitrogens is 1. The largest absolute Gasteiger partial charge is 0.382 e. The predicted octanol–water partition coefficient (Wildman–Crippen LogP) is 2.73. The molecule has 172 valence electrons. The molecule has 1 aliphatic rings. The molecule has 4 aromatic rings. The Morgan fingerprint density at radius 2 is 1.85 bits per heavy atom. The van der Waals surface area contributed by atoms with Crippen LogP contribution in [0, 0.1) is 11.3 Å². The number of aromatic nitrogens is 3. The number of ether oxygens (including phenoxy) is 1. The predicted molar refractivity (Wildman–Crippen MR) is 129 cm³/mol. The number of aromatic amines is 1. The van der Waals surface area contributed by atoms with Gasteiger partial charge in [0.15, 0.2) is 0 Å². The minimum Gasteiger partial charge on any atom is -0.382 e. The third kappa shape index (κ3) is 4.17. The summed E-state index contributed by atoms with van der Waals surface area (Å²) in [6.45, 7) is 1.23. The maximum Gasteiger partial charge on any atom is 0.301 e. The van der Waals surface area contributed by atoms with Crippen molar-refractivity contribution in [2.75, 3.05) is 36.8 Å². The Bertz CT molecular complexity index is 1520. The lowest BCUT2D eigenvalue weighted by molar-refractivity contribution is 0.0733. The minimum absolute atomic E-state index is 0.0743. The number of hydrogen-bond donors (Lipinski definition) is 3. The van der Waals surface area contributed by atoms with Crippen LogP contribution < -0.4 is 10.5 Å². The Hall–Kier alpha value is -3.98. The van der Waals surface area contributed by atoms with Gasteiger partial charge in [-0.25, -0.2) is 9.97 Å². The summed E-state index contributed by atoms with van der Waals surface area (Å²) in [6, 6.07) is 13.1. The van der Waals surface area contributed by atoms with Crippen LogP contribution in [0.1, 0.15) is 5.56 Å². The Morgan fingerprint density at radius 3 is 2.65 bits per heavy atom. The lowest BCUT2D eigenvalue weighted by Crippen LogP contribution is -2.43. The van der Waals surface area contributed by atoms with Crippen LogP contribution in [0.2, 0.25) is 0 Å². The van der Waals surface area contributed by atoms with E-state index in [-0.39, 0.29) is 24.6 Å². The van der Waals surface area contributed by atoms with Crippen LogP contribution in [0.5, 0.6) is 0 Å². The van der Waals surface area contributed by atoms with Crippen molar-refractivity contribution in [3.8, 4) is 28.3 Å². The molecule has 0 spiro atoms. The maximum atomic E-state index is 12.8. The number of nitrogens with two attached hydrogens (primary N) is 1. The third-order valence-corrected chi connectivity index (χ3v) is 7.16. The van der Waals surface area contributed by atoms with E-state index in [1.165, 1.54) is 4.31 Å². The van der Waals surface area contributed by atoms with Crippen LogP contribution in [0.4, 0.5) is 11.5 Å². The molecule has 3 aromatic heterocycles. The van der Waals surface area contributed by atoms with Gasteiger partial charge >= 0.3 is 10.2 Å². The molecule has 0 radical (unpaired) electrons. The van der Waals surface area contributed by atoms with Crippen molar-refractivity contribution in [3.05, 3.63) is 60.6 Å². The van der Waals surface area contributed by atoms with Crippen molar-refractivity contribution in [2.45, 2.75) is 0 Å². The zero-order valence-corrected chi connectivity index (χ0v) is 18.8. The average Bonchev–Trinajstić information content (AvgIpc) is 3.29. The van der Waals surface area contributed by atoms with E-state index < -0.39 is 10.2 Å². The standard InChI is InChI=1S/C23H21N7O3S/c24-11-15-2-1-3-16(8-15)20-14-28-23-19(20)9-17(13-27-23)18-10-21(22(25)26-12-18)29-34(31,32)30-4-6-33-7-5-30/h1-3,8-10,12-14,29H,4-7H2,(H2,25,26)(H,27,28). The zero-order chi connectivity index (χ0) is 23.7. The second kappa shape index (κ2) is 8.75. The van der Waals surface area contributed by atoms with Crippen LogP contribution in [0.3, 0.4) is 0 Å². The first kappa shape index (κ1) is 21.8. The van der Waals surface area contributed by atoms with E-state index in [1.54, 1.807) is 24.5 Å². The molecule has 0 amide bonds. The highest BCUT2D eigenvalue weighted by molar-refractivity contribution is 7.90. The summed E-state index contributed by atoms with van der Waals surface area (Å²) in [7, 11) is -3.80. The first-order valence-electron chi connectivity index (χ1n) is 10.5. The van der Waals surface area contributed by atoms with Crippen molar-refractivity contribution < 1.29 is 13.2 Å². The Labute approximate surface area is 196 Å². The van der Waals surface area contributed by atoms with Crippen LogP contribution in [0.15, 0.2) is 55.0 Å². The van der Waals surface area contributed by atoms with E-state index in [2.05, 4.69) is 25.7 Å². The van der Waals surface area contributed by atoms with Crippen LogP contribution >= 0.6 is 0 Å². The minimum atomic E-state index is -3.80. The Kier molecular flexibility index (Phi) is 5.62. The smallest absolute Gasteiger partial charge is 0.301 e. The molecule has 0 bridgehead atoms. The second-order valence-corrected chi connectivity index (χ2v) is 9.46. The monoisotopic (exact) mass is 475 g/mol. The summed E-state index contributed by atoms with van der Waals surface area (Å²) in [5.74, 6) is 0.0743. The van der Waals surface area contributed by atoms with Gasteiger partial charge in [0.05, 0.1) is 30.5 Å². The molecule has 0 aliphatic carbocycles. The van der Waals surface area contributed by atoms with Gasteiger partial charge in [0.2, 0.25) is 0 Å². The highest BCUT2D eigenvalue weighted by Gasteiger charge is 2.25. The number of fused-ring (bicyclic) bond motifs is 1. The number of hydrogen-bond acceptors (Lipinski definition) is 7. The van der Waals surface area contributed by atoms with E-state index in [1.807, 2.05) is 30.5 Å². The number of nitriles is 1. The molecule has 5 rings (SSSR count). The summed E-state index contributed by atoms with van der Waals surface area (Å²) in [5, 5.41) is 10.1. The summed E-state index contributed by atoms with van der Waals surface area (Å²) >= 11 is 0. The Balaban J connectivity index is 1.51. The van der Waals surface area contributed by atoms with Gasteiger partial charge in [-0.15, -0.1) is 0 Å². The summed E-state index contributed by atoms with van der Waals surface area (Å²) in [4.78, 5) is 11.9. The summed E-state index contributed by atoms with van der Waals surface area (Å²) < 4.78 is 34.7. The van der Waals surface area contributed by atoms with Crippen LogP contribution in [-0.2, 0) is 14.9 Å². The molecule has 10 nitrogen and oxygen atoms in total. The fourth-order valence-corrected chi connectivity index (χ4v) is 5.06. The normalized spacial score (nSPS) is 14.7. The molecule has 34 heavy (non-hydrogen) atoms. The van der Waals surface area contributed by atoms with Gasteiger partial charge in [-0.1, -0.05) is 12.1 Å². The average molecular weight is 476 g/mol. The molecule has 1 aliphatic heterocycles. The van der Waals surface area contributed by atoms with Gasteiger partial charge < -0.3 is 15.5 Å². The van der Waals surface area contributed by atoms with Gasteiger partial charge in [0.1, 0.15) is 11.5 Å². The zero-order valence-electron chi connectivity index (χ0n) is 18.0. The van der Waals surface area contributed by atoms with Crippen molar-refractivity contribution in [2.24, 2.45) is 0 Å². The Morgan fingerprint density at radius 1 is 1.09 bits per heavy atom. The highest BCUT2D eigenvalue weighted by atomic mass is 32.2. The number of rotatable bonds is 5. The molecule has 4 heterocycles. The maximum absolute atomic E-state index is 12.8. The topological polar surface area (TPSA) is 150 Å². The van der Waals surface area contributed by atoms with Gasteiger partial charge in [-0.05, 0) is 29.8 Å². The van der Waals surface area contributed by atoms with Crippen LogP contribution in [-0.4, -0.2) is 54.0 Å². The number of pyridine rings is 2. The van der Waals surface area contributed by atoms with E-state index in [0.717, 1.165) is 22.1 Å². The molecule has 0 atom stereocenters. The van der Waals surface area contributed by atoms with Crippen LogP contribution in [0.25, 0.3) is 33.3 Å². The molecular formula is C23H21N7O3S. The highest BCUT2D eigenvalue weighted by Crippen LogP contribution is 2.32. The number of anilines is 2. The fraction of sp³-hybridized carbons (Fsp3) is 0.174. The molecule has 11 heteroatoms. The second-order valence-electron chi connectivity index (χ2n) is 7.79. The first-order chi connectivity index (χ1) is 16.4. The van der Waals surface area contributed by atoms with E-state index in [0.29, 0.717) is 30.0 Å². The van der Waals surface area contributed by atoms with Crippen molar-refractivity contribution in [1.29, 1.82) is 5.26 Å². The van der Waals surface area contributed by atoms with Gasteiger partial charge in [0, 0.05) is 53.8 Å². The SMILES string of the molecule is N#Cc1cccc(-c2c[nH]c3ncc(-c4cnc(N)c(NS(=O)(=O)N5CCOCC5)c4)cc23)c1. The molecular weight excluding hydrogens is 454 g/mol. The summed E-state index contributed by atoms with van der Waals surface area (Å²) in [6.07, 6.45) is 5.11. The molecule has 1 fully saturated rings. The number of nitrogens with one attached hydrogen (secondary N) is 2. The fourth-order valence-electron chi connectivity index (χ4n) is 3.86. The van der Waals surface area contributed by atoms with E-state index in [4.69, 9.17) is 10.5 Å². The lowest BCUT2D eigenvalue weighted by atomic mass is 10.0. The lowest BCUT2D eigenvalue weighted by Gasteiger charge is -2.26. The number of morpholine rings is 1. The van der Waals surface area contributed by atoms with Gasteiger partial charge in [-0.3, -0.25) is 4.72 Å². The van der Waals surface area contributed by atoms with E-state index in [9.17, 15) is 13.7 Å². The summed E-state index contributed by atoms with van der Waals surface area (Å²) in [5.41, 5.74) is 10.6.